The highest BCUT2D eigenvalue weighted by atomic mass is 16.3. The molecule has 1 atom stereocenters. The molecule has 0 aliphatic rings. The third-order valence-corrected chi connectivity index (χ3v) is 3.81. The van der Waals surface area contributed by atoms with Gasteiger partial charge in [-0.3, -0.25) is 0 Å². The minimum Gasteiger partial charge on any atom is -0.493 e. The molecule has 1 aromatic carbocycles. The largest absolute Gasteiger partial charge is 0.493 e. The monoisotopic (exact) mass is 257 g/mol. The molecule has 2 aromatic rings. The Bertz CT molecular complexity index is 536. The van der Waals surface area contributed by atoms with Crippen LogP contribution in [0.3, 0.4) is 0 Å². The number of hydrogen-bond donors (Lipinski definition) is 1. The molecular formula is C17H23NO. The van der Waals surface area contributed by atoms with Crippen LogP contribution in [0, 0.1) is 5.92 Å². The quantitative estimate of drug-likeness (QED) is 0.813. The van der Waals surface area contributed by atoms with Gasteiger partial charge in [0.1, 0.15) is 0 Å². The summed E-state index contributed by atoms with van der Waals surface area (Å²) in [6.07, 6.45) is 6.22. The fraction of sp³-hybridized carbons (Fsp3) is 0.471. The maximum absolute atomic E-state index is 9.45. The van der Waals surface area contributed by atoms with Crippen molar-refractivity contribution in [2.24, 2.45) is 5.92 Å². The van der Waals surface area contributed by atoms with Crippen molar-refractivity contribution in [2.75, 3.05) is 0 Å². The van der Waals surface area contributed by atoms with Crippen LogP contribution in [-0.2, 0) is 6.42 Å². The van der Waals surface area contributed by atoms with Crippen LogP contribution in [0.1, 0.15) is 45.1 Å². The number of fused-ring (bicyclic) bond motifs is 1. The Morgan fingerprint density at radius 1 is 1.16 bits per heavy atom. The molecule has 0 saturated carbocycles. The predicted molar refractivity (Wildman–Crippen MR) is 80.4 cm³/mol. The molecule has 0 saturated heterocycles. The Morgan fingerprint density at radius 3 is 2.68 bits per heavy atom. The molecule has 0 aliphatic carbocycles. The standard InChI is InChI=1S/C17H23NO/c1-3-5-6-13(4-2)11-14-7-8-15-9-10-17(19)18-16(15)12-14/h7-10,12-13H,3-6,11H2,1-2H3,(H,18,19). The second-order valence-corrected chi connectivity index (χ2v) is 5.32. The summed E-state index contributed by atoms with van der Waals surface area (Å²) < 4.78 is 0. The summed E-state index contributed by atoms with van der Waals surface area (Å²) in [4.78, 5) is 4.19. The second-order valence-electron chi connectivity index (χ2n) is 5.32. The van der Waals surface area contributed by atoms with Crippen LogP contribution in [0.15, 0.2) is 30.3 Å². The molecule has 1 unspecified atom stereocenters. The molecule has 2 nitrogen and oxygen atoms in total. The zero-order chi connectivity index (χ0) is 13.7. The Balaban J connectivity index is 2.15. The third kappa shape index (κ3) is 3.69. The summed E-state index contributed by atoms with van der Waals surface area (Å²) in [6.45, 7) is 4.51. The Kier molecular flexibility index (Phi) is 4.78. The second kappa shape index (κ2) is 6.55. The molecule has 1 N–H and O–H groups in total. The molecule has 0 radical (unpaired) electrons. The first-order valence-electron chi connectivity index (χ1n) is 7.31. The first-order chi connectivity index (χ1) is 9.22. The van der Waals surface area contributed by atoms with Gasteiger partial charge in [-0.15, -0.1) is 0 Å². The van der Waals surface area contributed by atoms with Crippen molar-refractivity contribution in [3.05, 3.63) is 35.9 Å². The minimum absolute atomic E-state index is 0.0997. The SMILES string of the molecule is CCCCC(CC)Cc1ccc2ccc(O)nc2c1. The summed E-state index contributed by atoms with van der Waals surface area (Å²) in [5, 5.41) is 10.5. The van der Waals surface area contributed by atoms with Crippen LogP contribution in [0.4, 0.5) is 0 Å². The smallest absolute Gasteiger partial charge is 0.211 e. The molecule has 1 aromatic heterocycles. The average molecular weight is 257 g/mol. The number of benzene rings is 1. The van der Waals surface area contributed by atoms with Crippen molar-refractivity contribution in [2.45, 2.75) is 46.0 Å². The van der Waals surface area contributed by atoms with E-state index < -0.39 is 0 Å². The lowest BCUT2D eigenvalue weighted by Crippen LogP contribution is -2.03. The van der Waals surface area contributed by atoms with Crippen molar-refractivity contribution >= 4 is 10.9 Å². The highest BCUT2D eigenvalue weighted by Crippen LogP contribution is 2.22. The van der Waals surface area contributed by atoms with Crippen molar-refractivity contribution in [1.82, 2.24) is 4.98 Å². The summed E-state index contributed by atoms with van der Waals surface area (Å²) in [6, 6.07) is 9.96. The minimum atomic E-state index is 0.0997. The van der Waals surface area contributed by atoms with Gasteiger partial charge in [0.15, 0.2) is 0 Å². The Morgan fingerprint density at radius 2 is 1.95 bits per heavy atom. The number of nitrogens with zero attached hydrogens (tertiary/aromatic N) is 1. The number of aromatic nitrogens is 1. The normalized spacial score (nSPS) is 12.7. The van der Waals surface area contributed by atoms with Crippen LogP contribution in [-0.4, -0.2) is 10.1 Å². The first kappa shape index (κ1) is 13.9. The van der Waals surface area contributed by atoms with Crippen LogP contribution in [0.5, 0.6) is 5.88 Å². The number of hydrogen-bond acceptors (Lipinski definition) is 2. The van der Waals surface area contributed by atoms with E-state index in [1.165, 1.54) is 31.2 Å². The van der Waals surface area contributed by atoms with Crippen molar-refractivity contribution in [3.63, 3.8) is 0 Å². The van der Waals surface area contributed by atoms with Crippen molar-refractivity contribution < 1.29 is 5.11 Å². The number of pyridine rings is 1. The number of unbranched alkanes of at least 4 members (excludes halogenated alkanes) is 1. The maximum Gasteiger partial charge on any atom is 0.211 e. The summed E-state index contributed by atoms with van der Waals surface area (Å²) in [5.41, 5.74) is 2.22. The molecule has 0 bridgehead atoms. The van der Waals surface area contributed by atoms with Crippen LogP contribution < -0.4 is 0 Å². The van der Waals surface area contributed by atoms with Gasteiger partial charge in [0.05, 0.1) is 5.52 Å². The van der Waals surface area contributed by atoms with Crippen LogP contribution in [0.25, 0.3) is 10.9 Å². The fourth-order valence-corrected chi connectivity index (χ4v) is 2.56. The Hall–Kier alpha value is -1.57. The van der Waals surface area contributed by atoms with Gasteiger partial charge in [-0.05, 0) is 30.0 Å². The lowest BCUT2D eigenvalue weighted by Gasteiger charge is -2.14. The summed E-state index contributed by atoms with van der Waals surface area (Å²) in [7, 11) is 0. The van der Waals surface area contributed by atoms with E-state index in [2.05, 4.69) is 37.0 Å². The van der Waals surface area contributed by atoms with Crippen LogP contribution in [0.2, 0.25) is 0 Å². The summed E-state index contributed by atoms with van der Waals surface area (Å²) >= 11 is 0. The van der Waals surface area contributed by atoms with E-state index in [0.717, 1.165) is 23.2 Å². The van der Waals surface area contributed by atoms with Gasteiger partial charge in [0, 0.05) is 11.5 Å². The third-order valence-electron chi connectivity index (χ3n) is 3.81. The molecule has 1 heterocycles. The van der Waals surface area contributed by atoms with Gasteiger partial charge < -0.3 is 5.11 Å². The molecule has 102 valence electrons. The molecule has 2 heteroatoms. The van der Waals surface area contributed by atoms with Gasteiger partial charge in [0.25, 0.3) is 0 Å². The molecular weight excluding hydrogens is 234 g/mol. The lowest BCUT2D eigenvalue weighted by molar-refractivity contribution is 0.449. The van der Waals surface area contributed by atoms with Gasteiger partial charge in [0.2, 0.25) is 5.88 Å². The van der Waals surface area contributed by atoms with Crippen molar-refractivity contribution in [1.29, 1.82) is 0 Å². The van der Waals surface area contributed by atoms with E-state index in [0.29, 0.717) is 0 Å². The molecule has 0 spiro atoms. The van der Waals surface area contributed by atoms with E-state index in [4.69, 9.17) is 0 Å². The highest BCUT2D eigenvalue weighted by molar-refractivity contribution is 5.79. The van der Waals surface area contributed by atoms with Gasteiger partial charge in [-0.25, -0.2) is 4.98 Å². The molecule has 0 fully saturated rings. The van der Waals surface area contributed by atoms with E-state index in [1.807, 2.05) is 6.07 Å². The van der Waals surface area contributed by atoms with Crippen LogP contribution >= 0.6 is 0 Å². The first-order valence-corrected chi connectivity index (χ1v) is 7.31. The van der Waals surface area contributed by atoms with E-state index in [-0.39, 0.29) is 5.88 Å². The van der Waals surface area contributed by atoms with Crippen molar-refractivity contribution in [3.8, 4) is 5.88 Å². The lowest BCUT2D eigenvalue weighted by atomic mass is 9.91. The average Bonchev–Trinajstić information content (AvgIpc) is 2.43. The number of aromatic hydroxyl groups is 1. The molecule has 19 heavy (non-hydrogen) atoms. The summed E-state index contributed by atoms with van der Waals surface area (Å²) in [5.74, 6) is 0.859. The van der Waals surface area contributed by atoms with Gasteiger partial charge in [-0.1, -0.05) is 51.7 Å². The molecule has 0 aliphatic heterocycles. The van der Waals surface area contributed by atoms with E-state index >= 15 is 0 Å². The van der Waals surface area contributed by atoms with Gasteiger partial charge in [-0.2, -0.15) is 0 Å². The van der Waals surface area contributed by atoms with E-state index in [9.17, 15) is 5.11 Å². The maximum atomic E-state index is 9.45. The van der Waals surface area contributed by atoms with E-state index in [1.54, 1.807) is 6.07 Å². The Labute approximate surface area is 115 Å². The zero-order valence-corrected chi connectivity index (χ0v) is 11.9. The zero-order valence-electron chi connectivity index (χ0n) is 11.9. The number of rotatable bonds is 6. The fourth-order valence-electron chi connectivity index (χ4n) is 2.56. The van der Waals surface area contributed by atoms with Gasteiger partial charge >= 0.3 is 0 Å². The topological polar surface area (TPSA) is 33.1 Å². The highest BCUT2D eigenvalue weighted by Gasteiger charge is 2.08. The molecule has 2 rings (SSSR count). The predicted octanol–water partition coefficient (Wildman–Crippen LogP) is 4.70. The molecule has 0 amide bonds.